The maximum absolute atomic E-state index is 13.0. The summed E-state index contributed by atoms with van der Waals surface area (Å²) < 4.78 is 39.0. The predicted molar refractivity (Wildman–Crippen MR) is 83.7 cm³/mol. The van der Waals surface area contributed by atoms with E-state index in [4.69, 9.17) is 11.6 Å². The zero-order valence-electron chi connectivity index (χ0n) is 12.9. The van der Waals surface area contributed by atoms with Crippen molar-refractivity contribution in [1.29, 1.82) is 0 Å². The van der Waals surface area contributed by atoms with Gasteiger partial charge in [-0.05, 0) is 48.3 Å². The van der Waals surface area contributed by atoms with E-state index >= 15 is 0 Å². The van der Waals surface area contributed by atoms with E-state index in [1.165, 1.54) is 0 Å². The molecule has 3 nitrogen and oxygen atoms in total. The fourth-order valence-electron chi connectivity index (χ4n) is 5.18. The van der Waals surface area contributed by atoms with Gasteiger partial charge in [0.25, 0.3) is 0 Å². The molecule has 1 spiro atoms. The van der Waals surface area contributed by atoms with Gasteiger partial charge in [0.2, 0.25) is 11.8 Å². The molecule has 2 amide bonds. The molecule has 0 aromatic heterocycles. The highest BCUT2D eigenvalue weighted by Crippen LogP contribution is 2.73. The van der Waals surface area contributed by atoms with Crippen LogP contribution >= 0.6 is 11.6 Å². The minimum atomic E-state index is -4.57. The molecule has 0 N–H and O–H groups in total. The second-order valence-corrected chi connectivity index (χ2v) is 7.80. The summed E-state index contributed by atoms with van der Waals surface area (Å²) in [6, 6.07) is 2.73. The number of nitrogens with zero attached hydrogens (tertiary/aromatic N) is 1. The smallest absolute Gasteiger partial charge is 0.274 e. The Morgan fingerprint density at radius 3 is 2.08 bits per heavy atom. The largest absolute Gasteiger partial charge is 0.416 e. The van der Waals surface area contributed by atoms with E-state index in [0.29, 0.717) is 0 Å². The molecule has 1 saturated heterocycles. The Kier molecular flexibility index (Phi) is 2.76. The van der Waals surface area contributed by atoms with Gasteiger partial charge in [-0.15, -0.1) is 0 Å². The quantitative estimate of drug-likeness (QED) is 0.554. The molecule has 7 heteroatoms. The van der Waals surface area contributed by atoms with Gasteiger partial charge in [0.15, 0.2) is 0 Å². The summed E-state index contributed by atoms with van der Waals surface area (Å²) in [6.07, 6.45) is 1.47. The summed E-state index contributed by atoms with van der Waals surface area (Å²) >= 11 is 6.04. The number of imide groups is 1. The van der Waals surface area contributed by atoms with Crippen molar-refractivity contribution >= 4 is 29.1 Å². The Morgan fingerprint density at radius 2 is 1.60 bits per heavy atom. The average Bonchev–Trinajstić information content (AvgIpc) is 3.13. The third kappa shape index (κ3) is 1.78. The first kappa shape index (κ1) is 15.4. The number of allylic oxidation sites excluding steroid dienone is 2. The van der Waals surface area contributed by atoms with Gasteiger partial charge in [-0.2, -0.15) is 13.2 Å². The molecular weight excluding hydrogens is 355 g/mol. The number of carbonyl (C=O) groups is 2. The predicted octanol–water partition coefficient (Wildman–Crippen LogP) is 4.06. The summed E-state index contributed by atoms with van der Waals surface area (Å²) in [5.74, 6) is -1.72. The van der Waals surface area contributed by atoms with Crippen molar-refractivity contribution in [2.24, 2.45) is 29.1 Å². The molecule has 0 unspecified atom stereocenters. The molecule has 1 aromatic carbocycles. The summed E-state index contributed by atoms with van der Waals surface area (Å²) in [5, 5.41) is -0.0314. The van der Waals surface area contributed by atoms with Crippen LogP contribution in [0.3, 0.4) is 0 Å². The molecule has 3 aliphatic carbocycles. The van der Waals surface area contributed by atoms with Crippen LogP contribution < -0.4 is 4.90 Å². The number of anilines is 1. The van der Waals surface area contributed by atoms with Crippen LogP contribution in [0.5, 0.6) is 0 Å². The first-order chi connectivity index (χ1) is 11.8. The minimum Gasteiger partial charge on any atom is -0.274 e. The maximum Gasteiger partial charge on any atom is 0.416 e. The van der Waals surface area contributed by atoms with Gasteiger partial charge in [-0.25, -0.2) is 4.90 Å². The summed E-state index contributed by atoms with van der Waals surface area (Å²) in [5.41, 5.74) is -1.04. The molecule has 1 aliphatic heterocycles. The number of carbonyl (C=O) groups excluding carboxylic acids is 2. The molecule has 3 fully saturated rings. The molecule has 25 heavy (non-hydrogen) atoms. The minimum absolute atomic E-state index is 0.0218. The Labute approximate surface area is 146 Å². The van der Waals surface area contributed by atoms with Crippen LogP contribution in [0, 0.1) is 29.1 Å². The highest BCUT2D eigenvalue weighted by Gasteiger charge is 2.73. The molecule has 1 aromatic rings. The fourth-order valence-corrected chi connectivity index (χ4v) is 5.38. The number of rotatable bonds is 1. The van der Waals surface area contributed by atoms with Crippen LogP contribution in [-0.4, -0.2) is 11.8 Å². The van der Waals surface area contributed by atoms with Crippen LogP contribution in [0.2, 0.25) is 5.02 Å². The lowest BCUT2D eigenvalue weighted by Crippen LogP contribution is -2.35. The van der Waals surface area contributed by atoms with E-state index in [-0.39, 0.29) is 28.0 Å². The van der Waals surface area contributed by atoms with Crippen molar-refractivity contribution < 1.29 is 22.8 Å². The van der Waals surface area contributed by atoms with Gasteiger partial charge in [0.1, 0.15) is 0 Å². The molecule has 4 atom stereocenters. The van der Waals surface area contributed by atoms with Crippen molar-refractivity contribution in [3.8, 4) is 0 Å². The molecule has 1 heterocycles. The van der Waals surface area contributed by atoms with Gasteiger partial charge in [-0.3, -0.25) is 9.59 Å². The molecule has 4 aliphatic rings. The summed E-state index contributed by atoms with van der Waals surface area (Å²) in [7, 11) is 0. The van der Waals surface area contributed by atoms with Crippen LogP contribution in [0.15, 0.2) is 30.4 Å². The van der Waals surface area contributed by atoms with Crippen LogP contribution in [0.1, 0.15) is 18.4 Å². The number of amides is 2. The first-order valence-corrected chi connectivity index (χ1v) is 8.56. The number of hydrogen-bond donors (Lipinski definition) is 0. The van der Waals surface area contributed by atoms with Gasteiger partial charge in [-0.1, -0.05) is 23.8 Å². The molecular formula is C18H13ClF3NO2. The van der Waals surface area contributed by atoms with E-state index in [1.54, 1.807) is 0 Å². The Balaban J connectivity index is 1.58. The Hall–Kier alpha value is -1.82. The van der Waals surface area contributed by atoms with E-state index in [0.717, 1.165) is 35.9 Å². The molecule has 5 rings (SSSR count). The summed E-state index contributed by atoms with van der Waals surface area (Å²) in [4.78, 5) is 26.8. The van der Waals surface area contributed by atoms with E-state index < -0.39 is 35.4 Å². The topological polar surface area (TPSA) is 37.4 Å². The second-order valence-electron chi connectivity index (χ2n) is 7.40. The van der Waals surface area contributed by atoms with Crippen LogP contribution in [0.4, 0.5) is 18.9 Å². The van der Waals surface area contributed by atoms with Crippen molar-refractivity contribution in [1.82, 2.24) is 0 Å². The highest BCUT2D eigenvalue weighted by molar-refractivity contribution is 6.36. The first-order valence-electron chi connectivity index (χ1n) is 8.18. The van der Waals surface area contributed by atoms with Crippen molar-refractivity contribution in [3.63, 3.8) is 0 Å². The molecule has 0 radical (unpaired) electrons. The molecule has 130 valence electrons. The van der Waals surface area contributed by atoms with Gasteiger partial charge in [0, 0.05) is 0 Å². The zero-order chi connectivity index (χ0) is 17.7. The Bertz CT molecular complexity index is 824. The third-order valence-electron chi connectivity index (χ3n) is 6.37. The zero-order valence-corrected chi connectivity index (χ0v) is 13.6. The van der Waals surface area contributed by atoms with Gasteiger partial charge < -0.3 is 0 Å². The number of halogens is 4. The van der Waals surface area contributed by atoms with Crippen molar-refractivity contribution in [3.05, 3.63) is 40.9 Å². The van der Waals surface area contributed by atoms with E-state index in [1.807, 2.05) is 12.2 Å². The van der Waals surface area contributed by atoms with Crippen LogP contribution in [-0.2, 0) is 15.8 Å². The molecule has 2 saturated carbocycles. The number of hydrogen-bond acceptors (Lipinski definition) is 2. The number of alkyl halides is 3. The Morgan fingerprint density at radius 1 is 1.04 bits per heavy atom. The number of fused-ring (bicyclic) bond motifs is 3. The van der Waals surface area contributed by atoms with E-state index in [9.17, 15) is 22.8 Å². The van der Waals surface area contributed by atoms with Gasteiger partial charge in [0.05, 0.1) is 28.1 Å². The maximum atomic E-state index is 13.0. The lowest BCUT2D eigenvalue weighted by Gasteiger charge is -2.23. The van der Waals surface area contributed by atoms with Crippen LogP contribution in [0.25, 0.3) is 0 Å². The lowest BCUT2D eigenvalue weighted by molar-refractivity contribution is -0.137. The average molecular weight is 368 g/mol. The number of benzene rings is 1. The standard InChI is InChI=1S/C18H13ClF3NO2/c19-11-4-1-8(18(20,21)22)7-12(11)23-15(24)13-9-2-3-10(14(13)16(23)25)17(9)5-6-17/h1-4,7,9-10,13-14H,5-6H2/t9-,10-,13-,14-/m0/s1. The SMILES string of the molecule is O=C1[C@@H]2[C@@H](C(=O)N1c1cc(C(F)(F)F)ccc1Cl)[C@@H]1C=C[C@@H]2C12CC2. The van der Waals surface area contributed by atoms with Crippen molar-refractivity contribution in [2.45, 2.75) is 19.0 Å². The monoisotopic (exact) mass is 367 g/mol. The lowest BCUT2D eigenvalue weighted by atomic mass is 9.85. The normalized spacial score (nSPS) is 34.3. The molecule has 2 bridgehead atoms. The van der Waals surface area contributed by atoms with Gasteiger partial charge >= 0.3 is 6.18 Å². The third-order valence-corrected chi connectivity index (χ3v) is 6.69. The highest BCUT2D eigenvalue weighted by atomic mass is 35.5. The van der Waals surface area contributed by atoms with E-state index in [2.05, 4.69) is 0 Å². The fraction of sp³-hybridized carbons (Fsp3) is 0.444. The summed E-state index contributed by atoms with van der Waals surface area (Å²) in [6.45, 7) is 0. The van der Waals surface area contributed by atoms with Crippen molar-refractivity contribution in [2.75, 3.05) is 4.90 Å². The second kappa shape index (κ2) is 4.47.